The van der Waals surface area contributed by atoms with Gasteiger partial charge in [-0.1, -0.05) is 64.1 Å². The first-order chi connectivity index (χ1) is 11.6. The van der Waals surface area contributed by atoms with Gasteiger partial charge in [-0.3, -0.25) is 4.79 Å². The summed E-state index contributed by atoms with van der Waals surface area (Å²) in [4.78, 5) is 14.2. The van der Waals surface area contributed by atoms with E-state index in [9.17, 15) is 15.0 Å². The van der Waals surface area contributed by atoms with Crippen LogP contribution < -0.4 is 4.90 Å². The van der Waals surface area contributed by atoms with E-state index in [1.807, 2.05) is 52.0 Å². The van der Waals surface area contributed by atoms with Crippen LogP contribution in [-0.4, -0.2) is 29.8 Å². The van der Waals surface area contributed by atoms with Gasteiger partial charge in [-0.15, -0.1) is 0 Å². The Morgan fingerprint density at radius 2 is 1.42 bits per heavy atom. The minimum absolute atomic E-state index is 0.0139. The highest BCUT2D eigenvalue weighted by molar-refractivity contribution is 6.10. The van der Waals surface area contributed by atoms with E-state index in [0.717, 1.165) is 11.3 Å². The number of carbonyl (C=O) groups is 1. The lowest BCUT2D eigenvalue weighted by atomic mass is 9.75. The van der Waals surface area contributed by atoms with Crippen LogP contribution in [0.15, 0.2) is 48.5 Å². The molecule has 2 aromatic carbocycles. The molecule has 130 valence electrons. The van der Waals surface area contributed by atoms with Crippen molar-refractivity contribution in [3.63, 3.8) is 0 Å². The second-order valence-corrected chi connectivity index (χ2v) is 4.96. The number of phenolic OH excluding ortho intramolecular Hbond substituents is 1. The summed E-state index contributed by atoms with van der Waals surface area (Å²) in [5.41, 5.74) is 0.687. The number of hydrogen-bond donors (Lipinski definition) is 2. The number of amides is 1. The Hall–Kier alpha value is -2.33. The van der Waals surface area contributed by atoms with Crippen LogP contribution in [0.1, 0.15) is 38.8 Å². The van der Waals surface area contributed by atoms with Crippen molar-refractivity contribution >= 4 is 11.6 Å². The highest BCUT2D eigenvalue weighted by Gasteiger charge is 2.51. The first-order valence-corrected chi connectivity index (χ1v) is 8.40. The highest BCUT2D eigenvalue weighted by atomic mass is 16.3. The van der Waals surface area contributed by atoms with E-state index in [4.69, 9.17) is 0 Å². The molecule has 0 fully saturated rings. The summed E-state index contributed by atoms with van der Waals surface area (Å²) < 4.78 is 0. The lowest BCUT2D eigenvalue weighted by Crippen LogP contribution is -2.42. The van der Waals surface area contributed by atoms with E-state index < -0.39 is 5.41 Å². The molecule has 4 nitrogen and oxygen atoms in total. The molecule has 4 heteroatoms. The van der Waals surface area contributed by atoms with Crippen LogP contribution in [0.25, 0.3) is 0 Å². The van der Waals surface area contributed by atoms with Gasteiger partial charge >= 0.3 is 0 Å². The SMILES string of the molecule is CC.CC.CN1C(=O)[C@](CO)(c2ccccc2O)c2ccccc21. The zero-order valence-electron chi connectivity index (χ0n) is 15.1. The van der Waals surface area contributed by atoms with E-state index >= 15 is 0 Å². The second-order valence-electron chi connectivity index (χ2n) is 4.96. The van der Waals surface area contributed by atoms with Gasteiger partial charge in [0.05, 0.1) is 6.61 Å². The molecular weight excluding hydrogens is 302 g/mol. The highest BCUT2D eigenvalue weighted by Crippen LogP contribution is 2.47. The Labute approximate surface area is 144 Å². The molecule has 1 heterocycles. The molecule has 2 aromatic rings. The Morgan fingerprint density at radius 1 is 0.917 bits per heavy atom. The van der Waals surface area contributed by atoms with Gasteiger partial charge in [0, 0.05) is 18.3 Å². The average Bonchev–Trinajstić information content (AvgIpc) is 2.88. The number of rotatable bonds is 2. The van der Waals surface area contributed by atoms with E-state index in [0.29, 0.717) is 5.56 Å². The van der Waals surface area contributed by atoms with Gasteiger partial charge in [-0.05, 0) is 17.7 Å². The smallest absolute Gasteiger partial charge is 0.244 e. The van der Waals surface area contributed by atoms with E-state index in [-0.39, 0.29) is 18.3 Å². The minimum Gasteiger partial charge on any atom is -0.508 e. The maximum absolute atomic E-state index is 12.7. The predicted molar refractivity (Wildman–Crippen MR) is 98.5 cm³/mol. The van der Waals surface area contributed by atoms with Gasteiger partial charge in [0.2, 0.25) is 5.91 Å². The van der Waals surface area contributed by atoms with Gasteiger partial charge in [0.25, 0.3) is 0 Å². The molecule has 0 radical (unpaired) electrons. The fourth-order valence-corrected chi connectivity index (χ4v) is 2.97. The van der Waals surface area contributed by atoms with Crippen LogP contribution in [0.5, 0.6) is 5.75 Å². The lowest BCUT2D eigenvalue weighted by molar-refractivity contribution is -0.122. The van der Waals surface area contributed by atoms with Gasteiger partial charge < -0.3 is 15.1 Å². The summed E-state index contributed by atoms with van der Waals surface area (Å²) >= 11 is 0. The lowest BCUT2D eigenvalue weighted by Gasteiger charge is -2.27. The average molecular weight is 329 g/mol. The Bertz CT molecular complexity index is 684. The molecule has 0 saturated carbocycles. The van der Waals surface area contributed by atoms with Crippen LogP contribution in [-0.2, 0) is 10.2 Å². The molecule has 0 bridgehead atoms. The number of phenols is 1. The van der Waals surface area contributed by atoms with Crippen molar-refractivity contribution in [3.05, 3.63) is 59.7 Å². The summed E-state index contributed by atoms with van der Waals surface area (Å²) in [7, 11) is 1.68. The fraction of sp³-hybridized carbons (Fsp3) is 0.350. The molecule has 1 amide bonds. The molecule has 0 saturated heterocycles. The zero-order chi connectivity index (χ0) is 18.3. The molecule has 0 unspecified atom stereocenters. The molecule has 1 aliphatic heterocycles. The maximum atomic E-state index is 12.7. The zero-order valence-corrected chi connectivity index (χ0v) is 15.1. The number of benzene rings is 2. The van der Waals surface area contributed by atoms with Crippen LogP contribution in [0.2, 0.25) is 0 Å². The molecule has 0 aliphatic carbocycles. The predicted octanol–water partition coefficient (Wildman–Crippen LogP) is 3.70. The molecule has 1 aliphatic rings. The number of hydrogen-bond acceptors (Lipinski definition) is 3. The molecule has 1 atom stereocenters. The fourth-order valence-electron chi connectivity index (χ4n) is 2.97. The monoisotopic (exact) mass is 329 g/mol. The standard InChI is InChI=1S/C16H15NO3.2C2H6/c1-17-13-8-4-2-6-11(13)16(10-18,15(17)20)12-7-3-5-9-14(12)19;2*1-2/h2-9,18-19H,10H2,1H3;2*1-2H3/t16-;;/m0../s1. The van der Waals surface area contributed by atoms with Crippen LogP contribution in [0.4, 0.5) is 5.69 Å². The Morgan fingerprint density at radius 3 is 1.96 bits per heavy atom. The summed E-state index contributed by atoms with van der Waals surface area (Å²) in [6.45, 7) is 7.62. The van der Waals surface area contributed by atoms with Gasteiger partial charge in [-0.25, -0.2) is 0 Å². The van der Waals surface area contributed by atoms with Crippen molar-refractivity contribution in [2.45, 2.75) is 33.1 Å². The third-order valence-electron chi connectivity index (χ3n) is 4.00. The maximum Gasteiger partial charge on any atom is 0.244 e. The first-order valence-electron chi connectivity index (χ1n) is 8.40. The van der Waals surface area contributed by atoms with Crippen molar-refractivity contribution in [2.75, 3.05) is 18.6 Å². The van der Waals surface area contributed by atoms with Crippen LogP contribution in [0, 0.1) is 0 Å². The number of aliphatic hydroxyl groups excluding tert-OH is 1. The van der Waals surface area contributed by atoms with E-state index in [2.05, 4.69) is 0 Å². The van der Waals surface area contributed by atoms with E-state index in [1.165, 1.54) is 11.0 Å². The number of aromatic hydroxyl groups is 1. The van der Waals surface area contributed by atoms with E-state index in [1.54, 1.807) is 25.2 Å². The van der Waals surface area contributed by atoms with Gasteiger partial charge in [0.1, 0.15) is 11.2 Å². The molecule has 0 aromatic heterocycles. The van der Waals surface area contributed by atoms with Crippen molar-refractivity contribution in [1.82, 2.24) is 0 Å². The van der Waals surface area contributed by atoms with Crippen molar-refractivity contribution in [3.8, 4) is 5.75 Å². The summed E-state index contributed by atoms with van der Waals surface area (Å²) in [6.07, 6.45) is 0. The topological polar surface area (TPSA) is 60.8 Å². The number of fused-ring (bicyclic) bond motifs is 1. The van der Waals surface area contributed by atoms with Crippen molar-refractivity contribution in [1.29, 1.82) is 0 Å². The molecule has 3 rings (SSSR count). The van der Waals surface area contributed by atoms with Crippen molar-refractivity contribution in [2.24, 2.45) is 0 Å². The Balaban J connectivity index is 0.000000671. The summed E-state index contributed by atoms with van der Waals surface area (Å²) in [5, 5.41) is 20.1. The number of para-hydroxylation sites is 2. The van der Waals surface area contributed by atoms with Crippen molar-refractivity contribution < 1.29 is 15.0 Å². The first kappa shape index (κ1) is 19.7. The summed E-state index contributed by atoms with van der Waals surface area (Å²) in [6, 6.07) is 14.0. The second kappa shape index (κ2) is 8.50. The normalized spacial score (nSPS) is 18.1. The number of anilines is 1. The molecular formula is C20H27NO3. The van der Waals surface area contributed by atoms with Gasteiger partial charge in [0.15, 0.2) is 0 Å². The number of nitrogens with zero attached hydrogens (tertiary/aromatic N) is 1. The number of aliphatic hydroxyl groups is 1. The molecule has 24 heavy (non-hydrogen) atoms. The molecule has 2 N–H and O–H groups in total. The van der Waals surface area contributed by atoms with Gasteiger partial charge in [-0.2, -0.15) is 0 Å². The minimum atomic E-state index is -1.23. The third-order valence-corrected chi connectivity index (χ3v) is 4.00. The van der Waals surface area contributed by atoms with Crippen LogP contribution >= 0.6 is 0 Å². The number of carbonyl (C=O) groups excluding carboxylic acids is 1. The third kappa shape index (κ3) is 2.89. The number of likely N-dealkylation sites (N-methyl/N-ethyl adjacent to an activating group) is 1. The van der Waals surface area contributed by atoms with Crippen LogP contribution in [0.3, 0.4) is 0 Å². The Kier molecular flexibility index (Phi) is 6.98. The summed E-state index contributed by atoms with van der Waals surface area (Å²) in [5.74, 6) is -0.220. The largest absolute Gasteiger partial charge is 0.508 e. The quantitative estimate of drug-likeness (QED) is 0.883. The molecule has 0 spiro atoms.